The van der Waals surface area contributed by atoms with Gasteiger partial charge in [0, 0.05) is 60.9 Å². The molecule has 43 heavy (non-hydrogen) atoms. The first kappa shape index (κ1) is 29.1. The lowest BCUT2D eigenvalue weighted by atomic mass is 9.83. The normalized spacial score (nSPS) is 17.2. The Morgan fingerprint density at radius 3 is 2.53 bits per heavy atom. The van der Waals surface area contributed by atoms with E-state index in [4.69, 9.17) is 11.6 Å². The predicted molar refractivity (Wildman–Crippen MR) is 175 cm³/mol. The Balaban J connectivity index is 1.21. The number of carbonyl (C=O) groups is 2. The minimum atomic E-state index is -0.337. The van der Waals surface area contributed by atoms with Crippen LogP contribution in [0.3, 0.4) is 0 Å². The molecule has 0 aliphatic carbocycles. The van der Waals surface area contributed by atoms with Crippen LogP contribution < -0.4 is 21.1 Å². The first-order valence-electron chi connectivity index (χ1n) is 14.5. The van der Waals surface area contributed by atoms with Crippen LogP contribution >= 0.6 is 23.4 Å². The van der Waals surface area contributed by atoms with Gasteiger partial charge in [0.25, 0.3) is 17.4 Å². The Morgan fingerprint density at radius 2 is 1.70 bits per heavy atom. The van der Waals surface area contributed by atoms with Crippen LogP contribution in [0.4, 0.5) is 11.4 Å². The third-order valence-electron chi connectivity index (χ3n) is 8.09. The molecule has 0 spiro atoms. The van der Waals surface area contributed by atoms with Crippen molar-refractivity contribution in [3.8, 4) is 0 Å². The molecule has 220 valence electrons. The highest BCUT2D eigenvalue weighted by atomic mass is 35.5. The van der Waals surface area contributed by atoms with E-state index in [1.54, 1.807) is 48.2 Å². The van der Waals surface area contributed by atoms with Gasteiger partial charge in [-0.2, -0.15) is 11.8 Å². The van der Waals surface area contributed by atoms with E-state index in [9.17, 15) is 14.4 Å². The molecule has 3 aromatic carbocycles. The van der Waals surface area contributed by atoms with Gasteiger partial charge in [-0.15, -0.1) is 0 Å². The van der Waals surface area contributed by atoms with E-state index in [2.05, 4.69) is 27.7 Å². The van der Waals surface area contributed by atoms with Crippen molar-refractivity contribution in [1.82, 2.24) is 9.88 Å². The van der Waals surface area contributed by atoms with E-state index in [-0.39, 0.29) is 23.3 Å². The first-order valence-corrected chi connectivity index (χ1v) is 16.0. The third-order valence-corrected chi connectivity index (χ3v) is 9.45. The molecule has 2 bridgehead atoms. The van der Waals surface area contributed by atoms with Crippen molar-refractivity contribution < 1.29 is 9.59 Å². The topological polar surface area (TPSA) is 83.4 Å². The fourth-order valence-corrected chi connectivity index (χ4v) is 7.12. The van der Waals surface area contributed by atoms with Crippen molar-refractivity contribution in [2.75, 3.05) is 35.6 Å². The standard InChI is InChI=1S/C34H33ClN4O3S/c35-28-10-5-4-9-27(28)34(42)37-29-18-25(33(41)36-15-16-43-22-23-7-2-1-3-8-23)13-14-31(29)38-19-24-17-26(21-38)30-11-6-12-32(40)39(30)20-24/h1-14,18,24,26H,15-17,19-22H2,(H,36,41)(H,37,42). The Morgan fingerprint density at radius 1 is 0.884 bits per heavy atom. The zero-order chi connectivity index (χ0) is 29.8. The van der Waals surface area contributed by atoms with E-state index >= 15 is 0 Å². The summed E-state index contributed by atoms with van der Waals surface area (Å²) in [6.07, 6.45) is 1.02. The smallest absolute Gasteiger partial charge is 0.257 e. The second-order valence-electron chi connectivity index (χ2n) is 11.1. The molecule has 9 heteroatoms. The van der Waals surface area contributed by atoms with Gasteiger partial charge in [-0.3, -0.25) is 14.4 Å². The number of halogens is 1. The van der Waals surface area contributed by atoms with Gasteiger partial charge in [0.1, 0.15) is 0 Å². The largest absolute Gasteiger partial charge is 0.369 e. The first-order chi connectivity index (χ1) is 21.0. The highest BCUT2D eigenvalue weighted by Gasteiger charge is 2.35. The van der Waals surface area contributed by atoms with Gasteiger partial charge in [0.15, 0.2) is 0 Å². The molecule has 1 aromatic heterocycles. The fourth-order valence-electron chi connectivity index (χ4n) is 6.08. The molecule has 2 N–H and O–H groups in total. The fraction of sp³-hybridized carbons (Fsp3) is 0.265. The minimum absolute atomic E-state index is 0.0437. The van der Waals surface area contributed by atoms with Crippen LogP contribution in [0.5, 0.6) is 0 Å². The Kier molecular flexibility index (Phi) is 8.86. The maximum atomic E-state index is 13.4. The quantitative estimate of drug-likeness (QED) is 0.225. The molecule has 6 rings (SSSR count). The summed E-state index contributed by atoms with van der Waals surface area (Å²) in [6, 6.07) is 28.1. The summed E-state index contributed by atoms with van der Waals surface area (Å²) in [7, 11) is 0. The van der Waals surface area contributed by atoms with Crippen molar-refractivity contribution in [2.24, 2.45) is 5.92 Å². The van der Waals surface area contributed by atoms with E-state index < -0.39 is 0 Å². The number of carbonyl (C=O) groups excluding carboxylic acids is 2. The summed E-state index contributed by atoms with van der Waals surface area (Å²) in [4.78, 5) is 41.3. The number of aromatic nitrogens is 1. The van der Waals surface area contributed by atoms with Gasteiger partial charge in [-0.1, -0.05) is 60.1 Å². The summed E-state index contributed by atoms with van der Waals surface area (Å²) in [5.41, 5.74) is 4.59. The number of rotatable bonds is 9. The number of thioether (sulfide) groups is 1. The number of amides is 2. The average Bonchev–Trinajstić information content (AvgIpc) is 3.02. The summed E-state index contributed by atoms with van der Waals surface area (Å²) >= 11 is 8.10. The number of pyridine rings is 1. The zero-order valence-corrected chi connectivity index (χ0v) is 25.2. The highest BCUT2D eigenvalue weighted by Crippen LogP contribution is 2.39. The number of anilines is 2. The lowest BCUT2D eigenvalue weighted by molar-refractivity contribution is 0.0954. The number of hydrogen-bond acceptors (Lipinski definition) is 5. The van der Waals surface area contributed by atoms with Crippen LogP contribution in [0.1, 0.15) is 44.3 Å². The Hall–Kier alpha value is -4.01. The molecule has 2 aliphatic rings. The molecular formula is C34H33ClN4O3S. The summed E-state index contributed by atoms with van der Waals surface area (Å²) in [6.45, 7) is 2.66. The molecular weight excluding hydrogens is 580 g/mol. The van der Waals surface area contributed by atoms with Crippen LogP contribution in [-0.2, 0) is 12.3 Å². The van der Waals surface area contributed by atoms with Crippen molar-refractivity contribution >= 4 is 46.6 Å². The Bertz CT molecular complexity index is 1690. The van der Waals surface area contributed by atoms with Crippen molar-refractivity contribution in [1.29, 1.82) is 0 Å². The maximum Gasteiger partial charge on any atom is 0.257 e. The van der Waals surface area contributed by atoms with Gasteiger partial charge >= 0.3 is 0 Å². The van der Waals surface area contributed by atoms with Gasteiger partial charge in [0.2, 0.25) is 0 Å². The third kappa shape index (κ3) is 6.65. The second-order valence-corrected chi connectivity index (χ2v) is 12.6. The van der Waals surface area contributed by atoms with E-state index in [1.807, 2.05) is 47.0 Å². The molecule has 2 unspecified atom stereocenters. The molecule has 0 saturated carbocycles. The molecule has 1 saturated heterocycles. The van der Waals surface area contributed by atoms with E-state index in [1.165, 1.54) is 5.56 Å². The number of fused-ring (bicyclic) bond motifs is 4. The number of nitrogens with zero attached hydrogens (tertiary/aromatic N) is 2. The lowest BCUT2D eigenvalue weighted by Crippen LogP contribution is -2.47. The van der Waals surface area contributed by atoms with E-state index in [0.717, 1.165) is 35.9 Å². The van der Waals surface area contributed by atoms with Gasteiger partial charge in [0.05, 0.1) is 22.0 Å². The Labute approximate surface area is 260 Å². The van der Waals surface area contributed by atoms with E-state index in [0.29, 0.717) is 47.4 Å². The summed E-state index contributed by atoms with van der Waals surface area (Å²) < 4.78 is 1.90. The molecule has 4 aromatic rings. The predicted octanol–water partition coefficient (Wildman–Crippen LogP) is 6.04. The van der Waals surface area contributed by atoms with Gasteiger partial charge in [-0.25, -0.2) is 0 Å². The van der Waals surface area contributed by atoms with Crippen molar-refractivity contribution in [3.63, 3.8) is 0 Å². The van der Waals surface area contributed by atoms with Crippen LogP contribution in [-0.4, -0.2) is 41.8 Å². The lowest BCUT2D eigenvalue weighted by Gasteiger charge is -2.44. The molecule has 2 atom stereocenters. The molecule has 1 fully saturated rings. The highest BCUT2D eigenvalue weighted by molar-refractivity contribution is 7.98. The summed E-state index contributed by atoms with van der Waals surface area (Å²) in [5, 5.41) is 6.42. The van der Waals surface area contributed by atoms with Crippen molar-refractivity contribution in [3.05, 3.63) is 129 Å². The van der Waals surface area contributed by atoms with Gasteiger partial charge < -0.3 is 20.1 Å². The number of benzene rings is 3. The maximum absolute atomic E-state index is 13.4. The molecule has 0 radical (unpaired) electrons. The number of nitrogens with one attached hydrogen (secondary N) is 2. The van der Waals surface area contributed by atoms with Crippen LogP contribution in [0, 0.1) is 5.92 Å². The van der Waals surface area contributed by atoms with Crippen LogP contribution in [0.25, 0.3) is 0 Å². The number of hydrogen-bond donors (Lipinski definition) is 2. The molecule has 2 aliphatic heterocycles. The molecule has 2 amide bonds. The van der Waals surface area contributed by atoms with Crippen molar-refractivity contribution in [2.45, 2.75) is 24.6 Å². The minimum Gasteiger partial charge on any atom is -0.369 e. The zero-order valence-electron chi connectivity index (χ0n) is 23.7. The molecule has 3 heterocycles. The molecule has 7 nitrogen and oxygen atoms in total. The SMILES string of the molecule is O=C(NCCSCc1ccccc1)c1ccc(N2CC3CC(C2)c2cccc(=O)n2C3)c(NC(=O)c2ccccc2Cl)c1. The second kappa shape index (κ2) is 13.1. The monoisotopic (exact) mass is 612 g/mol. The van der Waals surface area contributed by atoms with Crippen LogP contribution in [0.15, 0.2) is 95.8 Å². The summed E-state index contributed by atoms with van der Waals surface area (Å²) in [5.74, 6) is 1.65. The average molecular weight is 613 g/mol. The van der Waals surface area contributed by atoms with Crippen LogP contribution in [0.2, 0.25) is 5.02 Å². The number of piperidine rings is 1. The van der Waals surface area contributed by atoms with Gasteiger partial charge in [-0.05, 0) is 54.3 Å².